The van der Waals surface area contributed by atoms with Crippen molar-refractivity contribution in [3.8, 4) is 0 Å². The normalized spacial score (nSPS) is 33.0. The first-order chi connectivity index (χ1) is 8.93. The van der Waals surface area contributed by atoms with Crippen molar-refractivity contribution in [2.75, 3.05) is 13.1 Å². The predicted octanol–water partition coefficient (Wildman–Crippen LogP) is -0.564. The molecule has 0 bridgehead atoms. The fraction of sp³-hybridized carbons (Fsp3) is 0.778. The molecule has 1 saturated heterocycles. The third-order valence-electron chi connectivity index (χ3n) is 3.70. The molecule has 0 spiro atoms. The predicted molar refractivity (Wildman–Crippen MR) is 52.6 cm³/mol. The molecular weight excluding hydrogens is 267 g/mol. The van der Waals surface area contributed by atoms with E-state index >= 15 is 0 Å². The smallest absolute Gasteiger partial charge is 0.450 e. The molecule has 19 heavy (non-hydrogen) atoms. The molecule has 7 nitrogen and oxygen atoms in total. The molecule has 2 N–H and O–H groups in total. The Morgan fingerprint density at radius 2 is 2.32 bits per heavy atom. The molecular formula is C9H10F3N5O2. The molecule has 0 aromatic carbocycles. The number of rotatable bonds is 3. The lowest BCUT2D eigenvalue weighted by atomic mass is 10.2. The van der Waals surface area contributed by atoms with E-state index in [1.807, 2.05) is 0 Å². The van der Waals surface area contributed by atoms with Crippen LogP contribution in [0.1, 0.15) is 5.82 Å². The molecule has 3 atom stereocenters. The minimum atomic E-state index is -4.97. The Bertz CT molecular complexity index is 491. The molecule has 2 heterocycles. The van der Waals surface area contributed by atoms with Gasteiger partial charge in [-0.3, -0.25) is 0 Å². The first kappa shape index (κ1) is 12.3. The zero-order chi connectivity index (χ0) is 13.7. The molecule has 0 radical (unpaired) electrons. The molecule has 3 unspecified atom stereocenters. The number of halogens is 3. The lowest BCUT2D eigenvalue weighted by molar-refractivity contribution is -0.207. The van der Waals surface area contributed by atoms with Crippen molar-refractivity contribution in [1.29, 1.82) is 0 Å². The number of hydrogen-bond donors (Lipinski definition) is 2. The number of piperidine rings is 1. The van der Waals surface area contributed by atoms with Crippen molar-refractivity contribution < 1.29 is 22.7 Å². The summed E-state index contributed by atoms with van der Waals surface area (Å²) >= 11 is 0. The maximum absolute atomic E-state index is 12.3. The van der Waals surface area contributed by atoms with Crippen LogP contribution < -0.4 is 5.32 Å². The van der Waals surface area contributed by atoms with Gasteiger partial charge in [0, 0.05) is 31.3 Å². The van der Waals surface area contributed by atoms with E-state index in [0.717, 1.165) is 0 Å². The molecule has 1 aliphatic heterocycles. The number of nitrogens with one attached hydrogen (secondary N) is 2. The van der Waals surface area contributed by atoms with Gasteiger partial charge in [0.05, 0.1) is 0 Å². The molecule has 1 saturated carbocycles. The number of nitrogens with zero attached hydrogens (tertiary/aromatic N) is 3. The summed E-state index contributed by atoms with van der Waals surface area (Å²) in [7, 11) is 0. The number of H-pyrrole nitrogens is 1. The Kier molecular flexibility index (Phi) is 2.52. The highest BCUT2D eigenvalue weighted by Gasteiger charge is 2.71. The molecule has 104 valence electrons. The third kappa shape index (κ3) is 1.95. The van der Waals surface area contributed by atoms with Gasteiger partial charge in [-0.2, -0.15) is 18.4 Å². The molecule has 1 aromatic rings. The van der Waals surface area contributed by atoms with Crippen molar-refractivity contribution in [1.82, 2.24) is 25.9 Å². The number of carbonyl (C=O) groups is 1. The summed E-state index contributed by atoms with van der Waals surface area (Å²) in [6, 6.07) is 0. The SMILES string of the molecule is O=C(OC12CNCC1C2Cc1nn[nH]n1)C(F)(F)F. The molecule has 2 fully saturated rings. The fourth-order valence-electron chi connectivity index (χ4n) is 2.77. The van der Waals surface area contributed by atoms with Crippen LogP contribution in [0.5, 0.6) is 0 Å². The van der Waals surface area contributed by atoms with Crippen molar-refractivity contribution in [2.45, 2.75) is 18.2 Å². The maximum Gasteiger partial charge on any atom is 0.490 e. The van der Waals surface area contributed by atoms with Gasteiger partial charge in [-0.1, -0.05) is 5.21 Å². The summed E-state index contributed by atoms with van der Waals surface area (Å²) in [5.41, 5.74) is -1.08. The van der Waals surface area contributed by atoms with Crippen LogP contribution in [0.25, 0.3) is 0 Å². The van der Waals surface area contributed by atoms with Crippen LogP contribution >= 0.6 is 0 Å². The lowest BCUT2D eigenvalue weighted by Crippen LogP contribution is -2.36. The monoisotopic (exact) mass is 277 g/mol. The van der Waals surface area contributed by atoms with Gasteiger partial charge < -0.3 is 10.1 Å². The Morgan fingerprint density at radius 1 is 1.53 bits per heavy atom. The second-order valence-electron chi connectivity index (χ2n) is 4.72. The van der Waals surface area contributed by atoms with Gasteiger partial charge in [-0.25, -0.2) is 4.79 Å². The Hall–Kier alpha value is -1.71. The van der Waals surface area contributed by atoms with Crippen LogP contribution in [0, 0.1) is 11.8 Å². The van der Waals surface area contributed by atoms with E-state index in [4.69, 9.17) is 0 Å². The first-order valence-electron chi connectivity index (χ1n) is 5.67. The van der Waals surface area contributed by atoms with Gasteiger partial charge >= 0.3 is 12.1 Å². The molecule has 3 rings (SSSR count). The number of aromatic amines is 1. The Labute approximate surface area is 104 Å². The number of tetrazole rings is 1. The second-order valence-corrected chi connectivity index (χ2v) is 4.72. The van der Waals surface area contributed by atoms with Crippen molar-refractivity contribution in [3.05, 3.63) is 5.82 Å². The zero-order valence-electron chi connectivity index (χ0n) is 9.57. The lowest BCUT2D eigenvalue weighted by Gasteiger charge is -2.17. The maximum atomic E-state index is 12.3. The van der Waals surface area contributed by atoms with E-state index in [1.165, 1.54) is 0 Å². The number of carbonyl (C=O) groups excluding carboxylic acids is 1. The van der Waals surface area contributed by atoms with Crippen LogP contribution in [0.3, 0.4) is 0 Å². The highest BCUT2D eigenvalue weighted by molar-refractivity contribution is 5.76. The summed E-state index contributed by atoms with van der Waals surface area (Å²) in [6.07, 6.45) is -4.63. The van der Waals surface area contributed by atoms with Crippen LogP contribution in [0.2, 0.25) is 0 Å². The van der Waals surface area contributed by atoms with Gasteiger partial charge in [0.2, 0.25) is 0 Å². The van der Waals surface area contributed by atoms with Crippen LogP contribution in [0.4, 0.5) is 13.2 Å². The van der Waals surface area contributed by atoms with Crippen LogP contribution in [-0.2, 0) is 16.0 Å². The van der Waals surface area contributed by atoms with Gasteiger partial charge in [0.15, 0.2) is 5.82 Å². The number of fused-ring (bicyclic) bond motifs is 1. The first-order valence-corrected chi connectivity index (χ1v) is 5.67. The largest absolute Gasteiger partial charge is 0.490 e. The number of aromatic nitrogens is 4. The van der Waals surface area contributed by atoms with E-state index in [-0.39, 0.29) is 18.4 Å². The zero-order valence-corrected chi connectivity index (χ0v) is 9.57. The topological polar surface area (TPSA) is 92.8 Å². The van der Waals surface area contributed by atoms with Gasteiger partial charge in [-0.05, 0) is 0 Å². The summed E-state index contributed by atoms with van der Waals surface area (Å²) in [5, 5.41) is 16.1. The quantitative estimate of drug-likeness (QED) is 0.719. The molecule has 10 heteroatoms. The molecule has 0 amide bonds. The molecule has 1 aromatic heterocycles. The van der Waals surface area contributed by atoms with Gasteiger partial charge in [0.25, 0.3) is 0 Å². The van der Waals surface area contributed by atoms with Gasteiger partial charge in [-0.15, -0.1) is 10.2 Å². The summed E-state index contributed by atoms with van der Waals surface area (Å²) in [6.45, 7) is 0.746. The highest BCUT2D eigenvalue weighted by Crippen LogP contribution is 2.57. The van der Waals surface area contributed by atoms with Crippen molar-refractivity contribution in [2.24, 2.45) is 11.8 Å². The number of esters is 1. The number of ether oxygens (including phenoxy) is 1. The summed E-state index contributed by atoms with van der Waals surface area (Å²) < 4.78 is 41.5. The minimum absolute atomic E-state index is 0.128. The standard InChI is InChI=1S/C9H10F3N5O2/c10-9(11,12)7(18)19-8-3-13-2-5(8)4(8)1-6-14-16-17-15-6/h4-5,13H,1-3H2,(H,14,15,16,17). The van der Waals surface area contributed by atoms with Crippen molar-refractivity contribution >= 4 is 5.97 Å². The minimum Gasteiger partial charge on any atom is -0.450 e. The van der Waals surface area contributed by atoms with Crippen molar-refractivity contribution in [3.63, 3.8) is 0 Å². The Balaban J connectivity index is 1.70. The number of alkyl halides is 3. The average molecular weight is 277 g/mol. The van der Waals surface area contributed by atoms with Gasteiger partial charge in [0.1, 0.15) is 5.60 Å². The van der Waals surface area contributed by atoms with Crippen LogP contribution in [0.15, 0.2) is 0 Å². The molecule has 2 aliphatic rings. The highest BCUT2D eigenvalue weighted by atomic mass is 19.4. The van der Waals surface area contributed by atoms with E-state index in [0.29, 0.717) is 18.8 Å². The third-order valence-corrected chi connectivity index (χ3v) is 3.70. The summed E-state index contributed by atoms with van der Waals surface area (Å²) in [4.78, 5) is 11.0. The van der Waals surface area contributed by atoms with Crippen LogP contribution in [-0.4, -0.2) is 51.5 Å². The fourth-order valence-corrected chi connectivity index (χ4v) is 2.77. The van der Waals surface area contributed by atoms with E-state index < -0.39 is 17.7 Å². The summed E-state index contributed by atoms with van der Waals surface area (Å²) in [5.74, 6) is -2.06. The second kappa shape index (κ2) is 3.89. The van der Waals surface area contributed by atoms with E-state index in [1.54, 1.807) is 0 Å². The van der Waals surface area contributed by atoms with E-state index in [2.05, 4.69) is 30.7 Å². The van der Waals surface area contributed by atoms with E-state index in [9.17, 15) is 18.0 Å². The molecule has 1 aliphatic carbocycles. The Morgan fingerprint density at radius 3 is 2.95 bits per heavy atom. The average Bonchev–Trinajstić information content (AvgIpc) is 2.78. The number of hydrogen-bond acceptors (Lipinski definition) is 6.